The lowest BCUT2D eigenvalue weighted by Crippen LogP contribution is -2.55. The number of likely N-dealkylation sites (tertiary alicyclic amines) is 2. The van der Waals surface area contributed by atoms with E-state index in [9.17, 15) is 4.79 Å². The summed E-state index contributed by atoms with van der Waals surface area (Å²) in [7, 11) is 0. The lowest BCUT2D eigenvalue weighted by molar-refractivity contribution is 0.0208. The Hall–Kier alpha value is -1.65. The van der Waals surface area contributed by atoms with Crippen molar-refractivity contribution in [1.29, 1.82) is 0 Å². The highest BCUT2D eigenvalue weighted by molar-refractivity contribution is 7.12. The van der Waals surface area contributed by atoms with E-state index in [1.807, 2.05) is 5.38 Å². The van der Waals surface area contributed by atoms with Gasteiger partial charge in [-0.2, -0.15) is 0 Å². The third-order valence-electron chi connectivity index (χ3n) is 6.03. The second-order valence-corrected chi connectivity index (χ2v) is 8.64. The number of nitrogens with zero attached hydrogens (tertiary/aromatic N) is 2. The summed E-state index contributed by atoms with van der Waals surface area (Å²) in [6.07, 6.45) is 4.65. The van der Waals surface area contributed by atoms with E-state index in [1.54, 1.807) is 11.3 Å². The van der Waals surface area contributed by atoms with Crippen LogP contribution < -0.4 is 0 Å². The Morgan fingerprint density at radius 2 is 2.00 bits per heavy atom. The van der Waals surface area contributed by atoms with Gasteiger partial charge < -0.3 is 9.80 Å². The molecule has 3 nitrogen and oxygen atoms in total. The fourth-order valence-corrected chi connectivity index (χ4v) is 5.47. The number of benzene rings is 1. The zero-order valence-corrected chi connectivity index (χ0v) is 16.4. The highest BCUT2D eigenvalue weighted by Crippen LogP contribution is 2.32. The van der Waals surface area contributed by atoms with Crippen LogP contribution in [0.3, 0.4) is 0 Å². The molecule has 2 aliphatic heterocycles. The second kappa shape index (κ2) is 7.93. The largest absolute Gasteiger partial charge is 0.335 e. The number of aryl methyl sites for hydroxylation is 1. The third-order valence-corrected chi connectivity index (χ3v) is 7.03. The monoisotopic (exact) mass is 368 g/mol. The summed E-state index contributed by atoms with van der Waals surface area (Å²) in [4.78, 5) is 18.8. The molecule has 0 radical (unpaired) electrons. The van der Waals surface area contributed by atoms with Crippen LogP contribution in [0.2, 0.25) is 0 Å². The van der Waals surface area contributed by atoms with E-state index in [-0.39, 0.29) is 5.91 Å². The van der Waals surface area contributed by atoms with Crippen molar-refractivity contribution in [2.75, 3.05) is 26.2 Å². The number of hydrogen-bond acceptors (Lipinski definition) is 3. The zero-order valence-electron chi connectivity index (χ0n) is 15.6. The first kappa shape index (κ1) is 17.7. The van der Waals surface area contributed by atoms with Gasteiger partial charge >= 0.3 is 0 Å². The highest BCUT2D eigenvalue weighted by atomic mass is 32.1. The van der Waals surface area contributed by atoms with Crippen molar-refractivity contribution in [3.05, 3.63) is 57.8 Å². The van der Waals surface area contributed by atoms with E-state index in [0.29, 0.717) is 12.0 Å². The van der Waals surface area contributed by atoms with Crippen LogP contribution in [0.1, 0.15) is 40.1 Å². The number of carbonyl (C=O) groups is 1. The van der Waals surface area contributed by atoms with Gasteiger partial charge in [-0.05, 0) is 61.1 Å². The van der Waals surface area contributed by atoms with Crippen LogP contribution in [0, 0.1) is 12.8 Å². The minimum atomic E-state index is 0.268. The SMILES string of the molecule is Cc1ccsc1C(=O)N1CCC[C@@H]2CN(CCc3ccccc3)CC[C@@H]21. The Balaban J connectivity index is 1.38. The van der Waals surface area contributed by atoms with Gasteiger partial charge in [0.05, 0.1) is 4.88 Å². The van der Waals surface area contributed by atoms with Crippen molar-refractivity contribution in [1.82, 2.24) is 9.80 Å². The molecule has 4 heteroatoms. The molecule has 2 aromatic rings. The van der Waals surface area contributed by atoms with Crippen molar-refractivity contribution >= 4 is 17.2 Å². The molecular weight excluding hydrogens is 340 g/mol. The lowest BCUT2D eigenvalue weighted by atomic mass is 9.83. The van der Waals surface area contributed by atoms with Gasteiger partial charge in [0.2, 0.25) is 0 Å². The maximum absolute atomic E-state index is 13.1. The number of amides is 1. The predicted molar refractivity (Wildman–Crippen MR) is 108 cm³/mol. The van der Waals surface area contributed by atoms with Crippen LogP contribution in [-0.4, -0.2) is 47.9 Å². The summed E-state index contributed by atoms with van der Waals surface area (Å²) < 4.78 is 0. The molecule has 0 bridgehead atoms. The molecular formula is C22H28N2OS. The number of hydrogen-bond donors (Lipinski definition) is 0. The first-order valence-corrected chi connectivity index (χ1v) is 10.7. The first-order valence-electron chi connectivity index (χ1n) is 9.83. The van der Waals surface area contributed by atoms with Gasteiger partial charge in [-0.15, -0.1) is 11.3 Å². The molecule has 1 aromatic heterocycles. The quantitative estimate of drug-likeness (QED) is 0.806. The van der Waals surface area contributed by atoms with Crippen LogP contribution >= 0.6 is 11.3 Å². The van der Waals surface area contributed by atoms with Crippen molar-refractivity contribution in [3.8, 4) is 0 Å². The fourth-order valence-electron chi connectivity index (χ4n) is 4.59. The molecule has 26 heavy (non-hydrogen) atoms. The lowest BCUT2D eigenvalue weighted by Gasteiger charge is -2.47. The number of thiophene rings is 1. The van der Waals surface area contributed by atoms with Crippen LogP contribution in [0.15, 0.2) is 41.8 Å². The molecule has 4 rings (SSSR count). The number of carbonyl (C=O) groups excluding carboxylic acids is 1. The highest BCUT2D eigenvalue weighted by Gasteiger charge is 2.38. The molecule has 0 spiro atoms. The molecule has 1 amide bonds. The summed E-state index contributed by atoms with van der Waals surface area (Å²) in [5, 5.41) is 2.04. The van der Waals surface area contributed by atoms with Crippen molar-refractivity contribution in [2.24, 2.45) is 5.92 Å². The van der Waals surface area contributed by atoms with E-state index in [1.165, 1.54) is 12.0 Å². The van der Waals surface area contributed by atoms with E-state index in [0.717, 1.165) is 55.9 Å². The van der Waals surface area contributed by atoms with Crippen molar-refractivity contribution in [3.63, 3.8) is 0 Å². The van der Waals surface area contributed by atoms with Gasteiger partial charge in [-0.25, -0.2) is 0 Å². The Kier molecular flexibility index (Phi) is 5.41. The Morgan fingerprint density at radius 1 is 1.15 bits per heavy atom. The third kappa shape index (κ3) is 3.72. The van der Waals surface area contributed by atoms with E-state index >= 15 is 0 Å². The smallest absolute Gasteiger partial charge is 0.264 e. The molecule has 1 aromatic carbocycles. The Labute approximate surface area is 160 Å². The Morgan fingerprint density at radius 3 is 2.77 bits per heavy atom. The van der Waals surface area contributed by atoms with Crippen LogP contribution in [0.25, 0.3) is 0 Å². The summed E-state index contributed by atoms with van der Waals surface area (Å²) in [5.74, 6) is 0.905. The second-order valence-electron chi connectivity index (χ2n) is 7.73. The van der Waals surface area contributed by atoms with Gasteiger partial charge in [-0.3, -0.25) is 4.79 Å². The molecule has 0 N–H and O–H groups in total. The average molecular weight is 369 g/mol. The molecule has 2 fully saturated rings. The molecule has 2 atom stereocenters. The summed E-state index contributed by atoms with van der Waals surface area (Å²) in [5.41, 5.74) is 2.55. The molecule has 0 saturated carbocycles. The fraction of sp³-hybridized carbons (Fsp3) is 0.500. The standard InChI is InChI=1S/C22H28N2OS/c1-17-11-15-26-21(17)22(25)24-12-5-8-19-16-23(14-10-20(19)24)13-9-18-6-3-2-4-7-18/h2-4,6-7,11,15,19-20H,5,8-10,12-14,16H2,1H3/t19-,20+/m1/s1. The number of piperidine rings is 2. The van der Waals surface area contributed by atoms with Crippen LogP contribution in [-0.2, 0) is 6.42 Å². The number of fused-ring (bicyclic) bond motifs is 1. The van der Waals surface area contributed by atoms with Gasteiger partial charge in [0.25, 0.3) is 5.91 Å². The van der Waals surface area contributed by atoms with E-state index in [2.05, 4.69) is 53.1 Å². The maximum atomic E-state index is 13.1. The molecule has 3 heterocycles. The minimum absolute atomic E-state index is 0.268. The predicted octanol–water partition coefficient (Wildman–Crippen LogP) is 4.23. The molecule has 0 unspecified atom stereocenters. The topological polar surface area (TPSA) is 23.6 Å². The number of rotatable bonds is 4. The first-order chi connectivity index (χ1) is 12.7. The molecule has 2 saturated heterocycles. The molecule has 138 valence electrons. The maximum Gasteiger partial charge on any atom is 0.264 e. The Bertz CT molecular complexity index is 742. The molecule has 2 aliphatic rings. The van der Waals surface area contributed by atoms with Gasteiger partial charge in [0, 0.05) is 32.2 Å². The van der Waals surface area contributed by atoms with E-state index in [4.69, 9.17) is 0 Å². The summed E-state index contributed by atoms with van der Waals surface area (Å²) in [6.45, 7) is 6.37. The average Bonchev–Trinajstić information content (AvgIpc) is 3.12. The summed E-state index contributed by atoms with van der Waals surface area (Å²) >= 11 is 1.60. The van der Waals surface area contributed by atoms with Crippen LogP contribution in [0.5, 0.6) is 0 Å². The summed E-state index contributed by atoms with van der Waals surface area (Å²) in [6, 6.07) is 13.3. The van der Waals surface area contributed by atoms with Gasteiger partial charge in [0.1, 0.15) is 0 Å². The van der Waals surface area contributed by atoms with Crippen molar-refractivity contribution in [2.45, 2.75) is 38.6 Å². The molecule has 0 aliphatic carbocycles. The normalized spacial score (nSPS) is 23.7. The van der Waals surface area contributed by atoms with E-state index < -0.39 is 0 Å². The zero-order chi connectivity index (χ0) is 17.9. The van der Waals surface area contributed by atoms with Crippen molar-refractivity contribution < 1.29 is 4.79 Å². The van der Waals surface area contributed by atoms with Crippen LogP contribution in [0.4, 0.5) is 0 Å². The van der Waals surface area contributed by atoms with Gasteiger partial charge in [-0.1, -0.05) is 30.3 Å². The minimum Gasteiger partial charge on any atom is -0.335 e. The van der Waals surface area contributed by atoms with Gasteiger partial charge in [0.15, 0.2) is 0 Å².